The molecule has 2 aliphatic heterocycles. The fourth-order valence-electron chi connectivity index (χ4n) is 3.80. The number of nitrogens with zero attached hydrogens (tertiary/aromatic N) is 5. The number of aryl methyl sites for hydroxylation is 2. The Hall–Kier alpha value is -3.41. The Labute approximate surface area is 180 Å². The molecule has 2 aromatic rings. The van der Waals surface area contributed by atoms with E-state index in [0.29, 0.717) is 35.9 Å². The molecule has 12 heteroatoms. The molecular formula is C19H19N5O6S. The number of amides is 3. The number of aromatic nitrogens is 2. The van der Waals surface area contributed by atoms with Gasteiger partial charge in [0.25, 0.3) is 16.8 Å². The maximum Gasteiger partial charge on any atom is 0.328 e. The zero-order valence-electron chi connectivity index (χ0n) is 16.9. The number of carbonyl (C=O) groups excluding carboxylic acids is 3. The third-order valence-electron chi connectivity index (χ3n) is 5.53. The standard InChI is InChI=1S/C19H19N5O6S/c1-20-13-7-11(12(24(29)30)9-14(13)21(2)18(20)27)8-15-17(26)23(19(28)31-15)10-16(25)22-5-3-4-6-22/h7-9H,3-6,10H2,1-2H3/b15-8-. The van der Waals surface area contributed by atoms with Crippen LogP contribution in [0, 0.1) is 10.1 Å². The molecule has 2 aliphatic rings. The number of carbonyl (C=O) groups is 3. The third kappa shape index (κ3) is 3.52. The van der Waals surface area contributed by atoms with E-state index in [-0.39, 0.29) is 34.3 Å². The Morgan fingerprint density at radius 3 is 2.35 bits per heavy atom. The number of thioether (sulfide) groups is 1. The van der Waals surface area contributed by atoms with E-state index in [9.17, 15) is 29.3 Å². The number of likely N-dealkylation sites (tertiary alicyclic amines) is 1. The van der Waals surface area contributed by atoms with Crippen LogP contribution >= 0.6 is 11.8 Å². The first kappa shape index (κ1) is 20.8. The van der Waals surface area contributed by atoms with Crippen molar-refractivity contribution in [2.24, 2.45) is 14.1 Å². The molecule has 11 nitrogen and oxygen atoms in total. The largest absolute Gasteiger partial charge is 0.341 e. The summed E-state index contributed by atoms with van der Waals surface area (Å²) in [6.07, 6.45) is 3.05. The van der Waals surface area contributed by atoms with E-state index in [1.165, 1.54) is 41.4 Å². The molecule has 162 valence electrons. The minimum Gasteiger partial charge on any atom is -0.341 e. The number of rotatable bonds is 4. The molecule has 0 radical (unpaired) electrons. The van der Waals surface area contributed by atoms with Crippen molar-refractivity contribution < 1.29 is 19.3 Å². The lowest BCUT2D eigenvalue weighted by atomic mass is 10.1. The number of hydrogen-bond acceptors (Lipinski definition) is 7. The van der Waals surface area contributed by atoms with Crippen molar-refractivity contribution in [3.05, 3.63) is 43.2 Å². The van der Waals surface area contributed by atoms with Gasteiger partial charge in [-0.25, -0.2) is 4.79 Å². The lowest BCUT2D eigenvalue weighted by Gasteiger charge is -2.18. The molecule has 4 rings (SSSR count). The fraction of sp³-hybridized carbons (Fsp3) is 0.368. The van der Waals surface area contributed by atoms with Gasteiger partial charge in [-0.05, 0) is 36.7 Å². The number of hydrogen-bond donors (Lipinski definition) is 0. The molecular weight excluding hydrogens is 426 g/mol. The Balaban J connectivity index is 1.70. The van der Waals surface area contributed by atoms with Crippen molar-refractivity contribution in [2.45, 2.75) is 12.8 Å². The van der Waals surface area contributed by atoms with Gasteiger partial charge < -0.3 is 4.90 Å². The van der Waals surface area contributed by atoms with E-state index >= 15 is 0 Å². The SMILES string of the molecule is Cn1c(=O)n(C)c2cc([N+](=O)[O-])c(/C=C3\SC(=O)N(CC(=O)N4CCCC4)C3=O)cc21. The van der Waals surface area contributed by atoms with E-state index < -0.39 is 16.1 Å². The highest BCUT2D eigenvalue weighted by atomic mass is 32.2. The quantitative estimate of drug-likeness (QED) is 0.396. The summed E-state index contributed by atoms with van der Waals surface area (Å²) in [5, 5.41) is 11.0. The molecule has 1 aromatic heterocycles. The molecule has 0 N–H and O–H groups in total. The smallest absolute Gasteiger partial charge is 0.328 e. The van der Waals surface area contributed by atoms with Crippen LogP contribution in [-0.2, 0) is 23.7 Å². The predicted octanol–water partition coefficient (Wildman–Crippen LogP) is 1.44. The average molecular weight is 445 g/mol. The van der Waals surface area contributed by atoms with Gasteiger partial charge in [0.05, 0.1) is 26.4 Å². The van der Waals surface area contributed by atoms with Crippen LogP contribution < -0.4 is 5.69 Å². The van der Waals surface area contributed by atoms with E-state index in [4.69, 9.17) is 0 Å². The number of nitro benzene ring substituents is 1. The molecule has 0 spiro atoms. The third-order valence-corrected chi connectivity index (χ3v) is 6.44. The summed E-state index contributed by atoms with van der Waals surface area (Å²) in [6.45, 7) is 0.857. The van der Waals surface area contributed by atoms with Crippen molar-refractivity contribution in [3.8, 4) is 0 Å². The van der Waals surface area contributed by atoms with Gasteiger partial charge in [0.2, 0.25) is 5.91 Å². The first-order valence-electron chi connectivity index (χ1n) is 9.56. The van der Waals surface area contributed by atoms with Gasteiger partial charge in [0, 0.05) is 33.3 Å². The summed E-state index contributed by atoms with van der Waals surface area (Å²) in [5.74, 6) is -0.966. The first-order chi connectivity index (χ1) is 14.7. The van der Waals surface area contributed by atoms with E-state index in [1.807, 2.05) is 0 Å². The average Bonchev–Trinajstić information content (AvgIpc) is 3.41. The first-order valence-corrected chi connectivity index (χ1v) is 10.4. The van der Waals surface area contributed by atoms with Crippen molar-refractivity contribution in [1.29, 1.82) is 0 Å². The van der Waals surface area contributed by atoms with E-state index in [1.54, 1.807) is 4.90 Å². The van der Waals surface area contributed by atoms with Crippen LogP contribution in [-0.4, -0.2) is 60.5 Å². The van der Waals surface area contributed by atoms with E-state index in [2.05, 4.69) is 0 Å². The maximum absolute atomic E-state index is 12.8. The molecule has 0 unspecified atom stereocenters. The highest BCUT2D eigenvalue weighted by Crippen LogP contribution is 2.35. The number of imidazole rings is 1. The fourth-order valence-corrected chi connectivity index (χ4v) is 4.63. The molecule has 0 saturated carbocycles. The lowest BCUT2D eigenvalue weighted by molar-refractivity contribution is -0.385. The monoisotopic (exact) mass is 445 g/mol. The molecule has 2 saturated heterocycles. The van der Waals surface area contributed by atoms with Gasteiger partial charge in [0.1, 0.15) is 6.54 Å². The molecule has 3 heterocycles. The van der Waals surface area contributed by atoms with Crippen molar-refractivity contribution in [3.63, 3.8) is 0 Å². The van der Waals surface area contributed by atoms with Gasteiger partial charge in [-0.3, -0.25) is 38.5 Å². The van der Waals surface area contributed by atoms with Crippen LogP contribution in [0.1, 0.15) is 18.4 Å². The number of nitro groups is 1. The highest BCUT2D eigenvalue weighted by Gasteiger charge is 2.38. The van der Waals surface area contributed by atoms with Gasteiger partial charge in [-0.15, -0.1) is 0 Å². The summed E-state index contributed by atoms with van der Waals surface area (Å²) in [7, 11) is 3.05. The highest BCUT2D eigenvalue weighted by molar-refractivity contribution is 8.18. The summed E-state index contributed by atoms with van der Waals surface area (Å²) in [5.41, 5.74) is 0.277. The molecule has 3 amide bonds. The predicted molar refractivity (Wildman–Crippen MR) is 113 cm³/mol. The molecule has 2 fully saturated rings. The van der Waals surface area contributed by atoms with Gasteiger partial charge in [-0.2, -0.15) is 0 Å². The molecule has 0 bridgehead atoms. The summed E-state index contributed by atoms with van der Waals surface area (Å²) in [6, 6.07) is 2.71. The van der Waals surface area contributed by atoms with Crippen LogP contribution in [0.3, 0.4) is 0 Å². The Morgan fingerprint density at radius 1 is 1.13 bits per heavy atom. The maximum atomic E-state index is 12.8. The summed E-state index contributed by atoms with van der Waals surface area (Å²) >= 11 is 0.631. The second kappa shape index (κ2) is 7.69. The van der Waals surface area contributed by atoms with Gasteiger partial charge in [-0.1, -0.05) is 0 Å². The van der Waals surface area contributed by atoms with Crippen molar-refractivity contribution in [1.82, 2.24) is 18.9 Å². The Kier molecular flexibility index (Phi) is 5.17. The normalized spacial score (nSPS) is 18.1. The summed E-state index contributed by atoms with van der Waals surface area (Å²) < 4.78 is 2.64. The Morgan fingerprint density at radius 2 is 1.74 bits per heavy atom. The molecule has 0 atom stereocenters. The van der Waals surface area contributed by atoms with Gasteiger partial charge in [0.15, 0.2) is 0 Å². The van der Waals surface area contributed by atoms with Crippen LogP contribution in [0.5, 0.6) is 0 Å². The number of benzene rings is 1. The molecule has 1 aromatic carbocycles. The second-order valence-corrected chi connectivity index (χ2v) is 8.41. The zero-order valence-corrected chi connectivity index (χ0v) is 17.7. The van der Waals surface area contributed by atoms with Crippen molar-refractivity contribution in [2.75, 3.05) is 19.6 Å². The van der Waals surface area contributed by atoms with Crippen LogP contribution in [0.15, 0.2) is 21.8 Å². The van der Waals surface area contributed by atoms with E-state index in [0.717, 1.165) is 17.7 Å². The lowest BCUT2D eigenvalue weighted by Crippen LogP contribution is -2.40. The van der Waals surface area contributed by atoms with Crippen molar-refractivity contribution >= 4 is 51.6 Å². The van der Waals surface area contributed by atoms with Crippen LogP contribution in [0.2, 0.25) is 0 Å². The molecule has 0 aliphatic carbocycles. The minimum absolute atomic E-state index is 0.0115. The summed E-state index contributed by atoms with van der Waals surface area (Å²) in [4.78, 5) is 63.1. The minimum atomic E-state index is -0.668. The topological polar surface area (TPSA) is 128 Å². The van der Waals surface area contributed by atoms with Gasteiger partial charge >= 0.3 is 5.69 Å². The van der Waals surface area contributed by atoms with Crippen LogP contribution in [0.4, 0.5) is 10.5 Å². The zero-order chi connectivity index (χ0) is 22.4. The Bertz CT molecular complexity index is 1240. The number of fused-ring (bicyclic) bond motifs is 1. The molecule has 31 heavy (non-hydrogen) atoms. The second-order valence-electron chi connectivity index (χ2n) is 7.41. The van der Waals surface area contributed by atoms with Crippen LogP contribution in [0.25, 0.3) is 17.1 Å². The number of imide groups is 1.